The highest BCUT2D eigenvalue weighted by Gasteiger charge is 2.10. The van der Waals surface area contributed by atoms with Gasteiger partial charge < -0.3 is 5.32 Å². The van der Waals surface area contributed by atoms with Crippen molar-refractivity contribution in [3.8, 4) is 11.3 Å². The van der Waals surface area contributed by atoms with E-state index in [1.807, 2.05) is 28.6 Å². The molecule has 7 nitrogen and oxygen atoms in total. The molecule has 3 heterocycles. The van der Waals surface area contributed by atoms with Crippen LogP contribution in [0.15, 0.2) is 24.5 Å². The highest BCUT2D eigenvalue weighted by Crippen LogP contribution is 2.21. The van der Waals surface area contributed by atoms with Crippen molar-refractivity contribution < 1.29 is 0 Å². The Kier molecular flexibility index (Phi) is 5.11. The zero-order valence-corrected chi connectivity index (χ0v) is 15.3. The molecule has 0 radical (unpaired) electrons. The summed E-state index contributed by atoms with van der Waals surface area (Å²) in [6.45, 7) is 10.7. The van der Waals surface area contributed by atoms with Gasteiger partial charge in [0.1, 0.15) is 0 Å². The number of aryl methyl sites for hydroxylation is 3. The molecule has 3 rings (SSSR count). The van der Waals surface area contributed by atoms with E-state index in [4.69, 9.17) is 0 Å². The van der Waals surface area contributed by atoms with Crippen molar-refractivity contribution in [1.82, 2.24) is 29.5 Å². The fourth-order valence-electron chi connectivity index (χ4n) is 2.90. The molecule has 0 saturated carbocycles. The summed E-state index contributed by atoms with van der Waals surface area (Å²) in [7, 11) is 0. The van der Waals surface area contributed by atoms with Gasteiger partial charge in [-0.25, -0.2) is 9.97 Å². The molecule has 0 aliphatic carbocycles. The molecule has 0 aromatic carbocycles. The summed E-state index contributed by atoms with van der Waals surface area (Å²) >= 11 is 0. The maximum atomic E-state index is 4.63. The van der Waals surface area contributed by atoms with Gasteiger partial charge in [-0.05, 0) is 39.3 Å². The van der Waals surface area contributed by atoms with E-state index in [9.17, 15) is 0 Å². The first kappa shape index (κ1) is 17.1. The quantitative estimate of drug-likeness (QED) is 0.716. The fourth-order valence-corrected chi connectivity index (χ4v) is 2.90. The predicted molar refractivity (Wildman–Crippen MR) is 98.5 cm³/mol. The number of anilines is 1. The molecule has 0 spiro atoms. The molecule has 0 aliphatic heterocycles. The number of aromatic nitrogens is 6. The molecule has 0 aliphatic rings. The molecule has 0 atom stereocenters. The van der Waals surface area contributed by atoms with E-state index in [0.717, 1.165) is 54.4 Å². The van der Waals surface area contributed by atoms with Gasteiger partial charge in [0.25, 0.3) is 0 Å². The summed E-state index contributed by atoms with van der Waals surface area (Å²) in [4.78, 5) is 8.95. The van der Waals surface area contributed by atoms with E-state index in [1.165, 1.54) is 0 Å². The monoisotopic (exact) mass is 339 g/mol. The molecule has 25 heavy (non-hydrogen) atoms. The van der Waals surface area contributed by atoms with Gasteiger partial charge in [-0.2, -0.15) is 10.2 Å². The first-order valence-corrected chi connectivity index (χ1v) is 8.69. The third-order valence-electron chi connectivity index (χ3n) is 4.18. The maximum absolute atomic E-state index is 4.63. The largest absolute Gasteiger partial charge is 0.352 e. The molecule has 0 fully saturated rings. The fraction of sp³-hybridized carbons (Fsp3) is 0.444. The zero-order chi connectivity index (χ0) is 17.8. The van der Waals surface area contributed by atoms with Crippen LogP contribution in [0, 0.1) is 20.8 Å². The summed E-state index contributed by atoms with van der Waals surface area (Å²) in [6, 6.07) is 4.00. The van der Waals surface area contributed by atoms with E-state index >= 15 is 0 Å². The molecule has 0 saturated heterocycles. The molecular formula is C18H25N7. The molecule has 3 aromatic rings. The van der Waals surface area contributed by atoms with Gasteiger partial charge in [0.2, 0.25) is 5.95 Å². The van der Waals surface area contributed by atoms with Crippen molar-refractivity contribution in [2.75, 3.05) is 11.9 Å². The lowest BCUT2D eigenvalue weighted by atomic mass is 10.2. The molecule has 7 heteroatoms. The Morgan fingerprint density at radius 3 is 2.68 bits per heavy atom. The number of rotatable bonds is 7. The minimum absolute atomic E-state index is 0.627. The Morgan fingerprint density at radius 2 is 1.96 bits per heavy atom. The van der Waals surface area contributed by atoms with Crippen LogP contribution in [0.5, 0.6) is 0 Å². The second kappa shape index (κ2) is 7.46. The highest BCUT2D eigenvalue weighted by molar-refractivity contribution is 5.61. The Labute approximate surface area is 148 Å². The lowest BCUT2D eigenvalue weighted by Gasteiger charge is -2.08. The average molecular weight is 339 g/mol. The van der Waals surface area contributed by atoms with Crippen LogP contribution in [-0.2, 0) is 13.1 Å². The molecule has 0 bridgehead atoms. The Bertz CT molecular complexity index is 847. The van der Waals surface area contributed by atoms with E-state index in [2.05, 4.69) is 52.3 Å². The van der Waals surface area contributed by atoms with Gasteiger partial charge in [-0.15, -0.1) is 0 Å². The summed E-state index contributed by atoms with van der Waals surface area (Å²) in [5.41, 5.74) is 5.28. The number of hydrogen-bond donors (Lipinski definition) is 1. The maximum Gasteiger partial charge on any atom is 0.223 e. The first-order chi connectivity index (χ1) is 12.1. The summed E-state index contributed by atoms with van der Waals surface area (Å²) < 4.78 is 4.01. The van der Waals surface area contributed by atoms with E-state index < -0.39 is 0 Å². The lowest BCUT2D eigenvalue weighted by Crippen LogP contribution is -2.14. The third kappa shape index (κ3) is 3.87. The second-order valence-electron chi connectivity index (χ2n) is 6.21. The Morgan fingerprint density at radius 1 is 1.12 bits per heavy atom. The number of hydrogen-bond acceptors (Lipinski definition) is 5. The Balaban J connectivity index is 1.68. The van der Waals surface area contributed by atoms with Crippen LogP contribution in [0.3, 0.4) is 0 Å². The predicted octanol–water partition coefficient (Wildman–Crippen LogP) is 2.98. The van der Waals surface area contributed by atoms with E-state index in [1.54, 1.807) is 6.20 Å². The van der Waals surface area contributed by atoms with Gasteiger partial charge in [0, 0.05) is 36.2 Å². The van der Waals surface area contributed by atoms with Gasteiger partial charge in [-0.1, -0.05) is 6.92 Å². The normalized spacial score (nSPS) is 11.0. The van der Waals surface area contributed by atoms with Crippen LogP contribution >= 0.6 is 0 Å². The third-order valence-corrected chi connectivity index (χ3v) is 4.18. The average Bonchev–Trinajstić information content (AvgIpc) is 3.11. The lowest BCUT2D eigenvalue weighted by molar-refractivity contribution is 0.587. The first-order valence-electron chi connectivity index (χ1n) is 8.69. The van der Waals surface area contributed by atoms with Crippen LogP contribution in [0.1, 0.15) is 30.4 Å². The SMILES string of the molecule is CCCn1ncc(-c2ccnc(NCCn3nc(C)cc3C)n2)c1C. The second-order valence-corrected chi connectivity index (χ2v) is 6.21. The Hall–Kier alpha value is -2.70. The molecular weight excluding hydrogens is 314 g/mol. The van der Waals surface area contributed by atoms with Crippen molar-refractivity contribution in [3.05, 3.63) is 41.6 Å². The van der Waals surface area contributed by atoms with Crippen LogP contribution in [0.2, 0.25) is 0 Å². The zero-order valence-electron chi connectivity index (χ0n) is 15.3. The van der Waals surface area contributed by atoms with Crippen molar-refractivity contribution in [3.63, 3.8) is 0 Å². The summed E-state index contributed by atoms with van der Waals surface area (Å²) in [6.07, 6.45) is 4.72. The molecule has 0 unspecified atom stereocenters. The van der Waals surface area contributed by atoms with Crippen molar-refractivity contribution >= 4 is 5.95 Å². The minimum Gasteiger partial charge on any atom is -0.352 e. The van der Waals surface area contributed by atoms with Crippen LogP contribution in [-0.4, -0.2) is 36.1 Å². The van der Waals surface area contributed by atoms with Gasteiger partial charge in [0.15, 0.2) is 0 Å². The van der Waals surface area contributed by atoms with Gasteiger partial charge in [-0.3, -0.25) is 9.36 Å². The minimum atomic E-state index is 0.627. The molecule has 132 valence electrons. The van der Waals surface area contributed by atoms with Gasteiger partial charge in [0.05, 0.1) is 24.1 Å². The standard InChI is InChI=1S/C18H25N7/c1-5-9-25-15(4)16(12-21-25)17-6-7-19-18(22-17)20-8-10-24-14(3)11-13(2)23-24/h6-7,11-12H,5,8-10H2,1-4H3,(H,19,20,22). The summed E-state index contributed by atoms with van der Waals surface area (Å²) in [5, 5.41) is 12.2. The van der Waals surface area contributed by atoms with Crippen LogP contribution in [0.25, 0.3) is 11.3 Å². The molecule has 1 N–H and O–H groups in total. The highest BCUT2D eigenvalue weighted by atomic mass is 15.3. The van der Waals surface area contributed by atoms with Crippen LogP contribution < -0.4 is 5.32 Å². The number of nitrogens with zero attached hydrogens (tertiary/aromatic N) is 6. The van der Waals surface area contributed by atoms with E-state index in [-0.39, 0.29) is 0 Å². The van der Waals surface area contributed by atoms with Crippen LogP contribution in [0.4, 0.5) is 5.95 Å². The van der Waals surface area contributed by atoms with Crippen molar-refractivity contribution in [2.24, 2.45) is 0 Å². The summed E-state index contributed by atoms with van der Waals surface area (Å²) in [5.74, 6) is 0.627. The molecule has 3 aromatic heterocycles. The van der Waals surface area contributed by atoms with Gasteiger partial charge >= 0.3 is 0 Å². The smallest absolute Gasteiger partial charge is 0.223 e. The van der Waals surface area contributed by atoms with Crippen molar-refractivity contribution in [1.29, 1.82) is 0 Å². The van der Waals surface area contributed by atoms with E-state index in [0.29, 0.717) is 5.95 Å². The topological polar surface area (TPSA) is 73.5 Å². The van der Waals surface area contributed by atoms with Crippen molar-refractivity contribution in [2.45, 2.75) is 47.2 Å². The molecule has 0 amide bonds. The number of nitrogens with one attached hydrogen (secondary N) is 1.